The van der Waals surface area contributed by atoms with Crippen LogP contribution in [-0.4, -0.2) is 29.9 Å². The van der Waals surface area contributed by atoms with Crippen LogP contribution in [0.1, 0.15) is 0 Å². The molecule has 0 spiro atoms. The van der Waals surface area contributed by atoms with Gasteiger partial charge in [-0.2, -0.15) is 0 Å². The van der Waals surface area contributed by atoms with E-state index in [1.54, 1.807) is 0 Å². The minimum absolute atomic E-state index is 0.575. The van der Waals surface area contributed by atoms with Crippen LogP contribution in [-0.2, 0) is 0 Å². The monoisotopic (exact) mass is 920 g/mol. The van der Waals surface area contributed by atoms with Crippen LogP contribution in [0.15, 0.2) is 267 Å². The maximum Gasteiger partial charge on any atom is 0.164 e. The van der Waals surface area contributed by atoms with Crippen molar-refractivity contribution in [1.29, 1.82) is 0 Å². The van der Waals surface area contributed by atoms with E-state index in [4.69, 9.17) is 29.9 Å². The van der Waals surface area contributed by atoms with Crippen LogP contribution < -0.4 is 0 Å². The first kappa shape index (κ1) is 43.5. The molecule has 10 aromatic carbocycles. The molecule has 0 saturated heterocycles. The van der Waals surface area contributed by atoms with Gasteiger partial charge in [0, 0.05) is 33.4 Å². The molecule has 0 radical (unpaired) electrons. The van der Waals surface area contributed by atoms with Gasteiger partial charge in [0.25, 0.3) is 0 Å². The fourth-order valence-electron chi connectivity index (χ4n) is 9.05. The van der Waals surface area contributed by atoms with Gasteiger partial charge in [0.15, 0.2) is 34.9 Å². The molecule has 0 aliphatic carbocycles. The van der Waals surface area contributed by atoms with Gasteiger partial charge in [-0.3, -0.25) is 0 Å². The third-order valence-corrected chi connectivity index (χ3v) is 12.8. The molecule has 0 bridgehead atoms. The topological polar surface area (TPSA) is 77.3 Å². The third-order valence-electron chi connectivity index (χ3n) is 12.8. The summed E-state index contributed by atoms with van der Waals surface area (Å²) in [5.74, 6) is 3.53. The molecule has 0 atom stereocenters. The van der Waals surface area contributed by atoms with Gasteiger partial charge in [0.2, 0.25) is 0 Å². The highest BCUT2D eigenvalue weighted by Gasteiger charge is 2.17. The van der Waals surface area contributed by atoms with Crippen molar-refractivity contribution in [2.24, 2.45) is 0 Å². The normalized spacial score (nSPS) is 11.1. The predicted octanol–water partition coefficient (Wildman–Crippen LogP) is 16.4. The summed E-state index contributed by atoms with van der Waals surface area (Å²) in [7, 11) is 0. The van der Waals surface area contributed by atoms with Crippen LogP contribution in [0.2, 0.25) is 0 Å². The largest absolute Gasteiger partial charge is 0.208 e. The molecular weight excluding hydrogens is 877 g/mol. The maximum atomic E-state index is 5.19. The number of rotatable bonds is 11. The van der Waals surface area contributed by atoms with Crippen LogP contribution in [0.5, 0.6) is 0 Å². The second-order valence-electron chi connectivity index (χ2n) is 17.6. The van der Waals surface area contributed by atoms with E-state index in [2.05, 4.69) is 243 Å². The SMILES string of the molecule is c1ccc(-c2ccc(-c3nc(-c4cccc(-c5ccccc5)c4)nc(-c4cccc(-c5cccc(-c6nc(-c7cccc(-c8ccccc8)c7)nc(-c7cccc(-c8ccccc8)c7)n6)c5)c4)n3)cc2)cc1. The molecule has 2 heterocycles. The summed E-state index contributed by atoms with van der Waals surface area (Å²) < 4.78 is 0. The van der Waals surface area contributed by atoms with E-state index in [0.29, 0.717) is 34.9 Å². The van der Waals surface area contributed by atoms with Crippen molar-refractivity contribution in [3.63, 3.8) is 0 Å². The Morgan fingerprint density at radius 2 is 0.292 bits per heavy atom. The lowest BCUT2D eigenvalue weighted by molar-refractivity contribution is 1.07. The first-order chi connectivity index (χ1) is 35.6. The molecule has 6 heteroatoms. The van der Waals surface area contributed by atoms with Gasteiger partial charge in [0.05, 0.1) is 0 Å². The molecule has 2 aromatic heterocycles. The second-order valence-corrected chi connectivity index (χ2v) is 17.6. The van der Waals surface area contributed by atoms with E-state index in [-0.39, 0.29) is 0 Å². The van der Waals surface area contributed by atoms with Gasteiger partial charge < -0.3 is 0 Å². The highest BCUT2D eigenvalue weighted by atomic mass is 15.0. The van der Waals surface area contributed by atoms with Crippen molar-refractivity contribution < 1.29 is 0 Å². The van der Waals surface area contributed by atoms with E-state index in [0.717, 1.165) is 89.0 Å². The number of nitrogens with zero attached hydrogens (tertiary/aromatic N) is 6. The fraction of sp³-hybridized carbons (Fsp3) is 0. The molecule has 0 amide bonds. The minimum Gasteiger partial charge on any atom is -0.208 e. The summed E-state index contributed by atoms with van der Waals surface area (Å²) in [4.78, 5) is 31.0. The summed E-state index contributed by atoms with van der Waals surface area (Å²) in [5.41, 5.74) is 16.2. The molecular formula is C66H44N6. The van der Waals surface area contributed by atoms with E-state index >= 15 is 0 Å². The molecule has 6 nitrogen and oxygen atoms in total. The molecule has 72 heavy (non-hydrogen) atoms. The van der Waals surface area contributed by atoms with Crippen molar-refractivity contribution >= 4 is 0 Å². The van der Waals surface area contributed by atoms with Crippen LogP contribution in [0, 0.1) is 0 Å². The quantitative estimate of drug-likeness (QED) is 0.129. The number of hydrogen-bond donors (Lipinski definition) is 0. The highest BCUT2D eigenvalue weighted by Crippen LogP contribution is 2.34. The van der Waals surface area contributed by atoms with Crippen LogP contribution >= 0.6 is 0 Å². The summed E-state index contributed by atoms with van der Waals surface area (Å²) in [6.45, 7) is 0. The summed E-state index contributed by atoms with van der Waals surface area (Å²) in [5, 5.41) is 0. The van der Waals surface area contributed by atoms with E-state index in [1.165, 1.54) is 0 Å². The van der Waals surface area contributed by atoms with Gasteiger partial charge in [-0.1, -0.05) is 237 Å². The van der Waals surface area contributed by atoms with Crippen LogP contribution in [0.25, 0.3) is 124 Å². The zero-order valence-corrected chi connectivity index (χ0v) is 39.1. The average molecular weight is 921 g/mol. The molecule has 0 unspecified atom stereocenters. The lowest BCUT2D eigenvalue weighted by Crippen LogP contribution is -2.01. The van der Waals surface area contributed by atoms with Crippen molar-refractivity contribution in [3.8, 4) is 124 Å². The number of benzene rings is 10. The fourth-order valence-corrected chi connectivity index (χ4v) is 9.05. The molecule has 0 saturated carbocycles. The van der Waals surface area contributed by atoms with E-state index in [1.807, 2.05) is 24.3 Å². The lowest BCUT2D eigenvalue weighted by Gasteiger charge is -2.12. The first-order valence-electron chi connectivity index (χ1n) is 24.0. The number of aromatic nitrogens is 6. The predicted molar refractivity (Wildman–Crippen MR) is 293 cm³/mol. The Balaban J connectivity index is 0.941. The minimum atomic E-state index is 0.575. The third kappa shape index (κ3) is 9.36. The Bertz CT molecular complexity index is 3740. The molecule has 338 valence electrons. The maximum absolute atomic E-state index is 5.19. The highest BCUT2D eigenvalue weighted by molar-refractivity contribution is 5.79. The Hall–Kier alpha value is -9.78. The Kier molecular flexibility index (Phi) is 11.9. The standard InChI is InChI=1S/C66H44N6/c1-5-18-45(19-6-1)49-36-38-50(39-37-49)61-67-62(56-31-13-26-51(40-56)46-20-7-2-8-21-46)69-63(68-61)59-34-16-29-54(43-59)55-30-17-35-60(44-55)66-71-64(57-32-14-27-52(41-57)47-22-9-3-10-23-47)70-65(72-66)58-33-15-28-53(42-58)48-24-11-4-12-25-48/h1-44H. The van der Waals surface area contributed by atoms with Gasteiger partial charge in [0.1, 0.15) is 0 Å². The zero-order valence-electron chi connectivity index (χ0n) is 39.1. The summed E-state index contributed by atoms with van der Waals surface area (Å²) in [6.07, 6.45) is 0. The average Bonchev–Trinajstić information content (AvgIpc) is 3.48. The van der Waals surface area contributed by atoms with Crippen molar-refractivity contribution in [3.05, 3.63) is 267 Å². The lowest BCUT2D eigenvalue weighted by atomic mass is 10.00. The molecule has 0 aliphatic rings. The van der Waals surface area contributed by atoms with Crippen molar-refractivity contribution in [2.45, 2.75) is 0 Å². The zero-order chi connectivity index (χ0) is 48.1. The van der Waals surface area contributed by atoms with Crippen LogP contribution in [0.3, 0.4) is 0 Å². The van der Waals surface area contributed by atoms with Gasteiger partial charge >= 0.3 is 0 Å². The smallest absolute Gasteiger partial charge is 0.164 e. The van der Waals surface area contributed by atoms with Gasteiger partial charge in [-0.15, -0.1) is 0 Å². The number of hydrogen-bond acceptors (Lipinski definition) is 6. The summed E-state index contributed by atoms with van der Waals surface area (Å²) >= 11 is 0. The van der Waals surface area contributed by atoms with Crippen molar-refractivity contribution in [1.82, 2.24) is 29.9 Å². The van der Waals surface area contributed by atoms with Crippen molar-refractivity contribution in [2.75, 3.05) is 0 Å². The Labute approximate surface area is 418 Å². The Morgan fingerprint density at radius 3 is 0.556 bits per heavy atom. The van der Waals surface area contributed by atoms with Gasteiger partial charge in [-0.05, 0) is 86.0 Å². The van der Waals surface area contributed by atoms with Gasteiger partial charge in [-0.25, -0.2) is 29.9 Å². The molecule has 0 N–H and O–H groups in total. The molecule has 12 aromatic rings. The summed E-state index contributed by atoms with van der Waals surface area (Å²) in [6, 6.07) is 91.9. The molecule has 12 rings (SSSR count). The van der Waals surface area contributed by atoms with E-state index < -0.39 is 0 Å². The second kappa shape index (κ2) is 19.7. The molecule has 0 aliphatic heterocycles. The van der Waals surface area contributed by atoms with E-state index in [9.17, 15) is 0 Å². The molecule has 0 fully saturated rings. The Morgan fingerprint density at radius 1 is 0.125 bits per heavy atom. The first-order valence-corrected chi connectivity index (χ1v) is 24.0. The van der Waals surface area contributed by atoms with Crippen LogP contribution in [0.4, 0.5) is 0 Å².